The first kappa shape index (κ1) is 46.8. The van der Waals surface area contributed by atoms with Crippen LogP contribution in [0.2, 0.25) is 0 Å². The summed E-state index contributed by atoms with van der Waals surface area (Å²) in [6.45, 7) is 7.59. The number of nitrogens with one attached hydrogen (secondary N) is 4. The topological polar surface area (TPSA) is 217 Å². The van der Waals surface area contributed by atoms with Crippen molar-refractivity contribution in [1.29, 1.82) is 0 Å². The second-order valence-corrected chi connectivity index (χ2v) is 14.1. The Bertz CT molecular complexity index is 993. The van der Waals surface area contributed by atoms with Crippen LogP contribution in [0.15, 0.2) is 0 Å². The SMILES string of the molecule is CC[C@H](C)[C@H](NC(=O)[C@H](CC(C)C)NC(=O)CCCCCCCCCCCCCCCC(=O)O)C(=O)NCC(=O)N[C@@H](CCCCN)C(=O)O. The minimum atomic E-state index is -1.16. The Kier molecular flexibility index (Phi) is 27.6. The van der Waals surface area contributed by atoms with Gasteiger partial charge in [0.25, 0.3) is 0 Å². The molecule has 50 heavy (non-hydrogen) atoms. The molecule has 290 valence electrons. The molecular formula is C37H69N5O8. The second kappa shape index (κ2) is 29.5. The van der Waals surface area contributed by atoms with Crippen LogP contribution in [-0.4, -0.2) is 77.0 Å². The van der Waals surface area contributed by atoms with Crippen LogP contribution in [0, 0.1) is 11.8 Å². The van der Waals surface area contributed by atoms with E-state index in [1.165, 1.54) is 38.5 Å². The lowest BCUT2D eigenvalue weighted by atomic mass is 9.96. The largest absolute Gasteiger partial charge is 0.481 e. The van der Waals surface area contributed by atoms with Gasteiger partial charge in [-0.05, 0) is 56.9 Å². The van der Waals surface area contributed by atoms with Crippen molar-refractivity contribution in [1.82, 2.24) is 21.3 Å². The molecule has 0 rings (SSSR count). The van der Waals surface area contributed by atoms with E-state index >= 15 is 0 Å². The Morgan fingerprint density at radius 1 is 0.600 bits per heavy atom. The van der Waals surface area contributed by atoms with Crippen molar-refractivity contribution in [2.24, 2.45) is 17.6 Å². The molecule has 0 aromatic carbocycles. The molecule has 8 N–H and O–H groups in total. The normalized spacial score (nSPS) is 13.6. The first-order chi connectivity index (χ1) is 23.8. The quantitative estimate of drug-likeness (QED) is 0.0476. The second-order valence-electron chi connectivity index (χ2n) is 14.1. The van der Waals surface area contributed by atoms with Crippen molar-refractivity contribution in [3.8, 4) is 0 Å². The number of amides is 4. The summed E-state index contributed by atoms with van der Waals surface area (Å²) in [6, 6.07) is -2.83. The number of carbonyl (C=O) groups excluding carboxylic acids is 4. The number of carboxylic acids is 2. The number of unbranched alkanes of at least 4 members (excludes halogenated alkanes) is 13. The predicted octanol–water partition coefficient (Wildman–Crippen LogP) is 4.80. The van der Waals surface area contributed by atoms with Gasteiger partial charge in [0.1, 0.15) is 18.1 Å². The zero-order valence-corrected chi connectivity index (χ0v) is 31.4. The summed E-state index contributed by atoms with van der Waals surface area (Å²) in [5.74, 6) is -3.89. The number of nitrogens with two attached hydrogens (primary N) is 1. The van der Waals surface area contributed by atoms with Crippen LogP contribution in [0.5, 0.6) is 0 Å². The summed E-state index contributed by atoms with van der Waals surface area (Å²) in [5, 5.41) is 28.7. The van der Waals surface area contributed by atoms with Gasteiger partial charge in [-0.25, -0.2) is 4.79 Å². The van der Waals surface area contributed by atoms with Gasteiger partial charge >= 0.3 is 11.9 Å². The fourth-order valence-electron chi connectivity index (χ4n) is 5.70. The number of aliphatic carboxylic acids is 2. The maximum Gasteiger partial charge on any atom is 0.326 e. The van der Waals surface area contributed by atoms with Gasteiger partial charge in [0.2, 0.25) is 23.6 Å². The van der Waals surface area contributed by atoms with Crippen molar-refractivity contribution < 1.29 is 39.0 Å². The molecule has 0 heterocycles. The number of carbonyl (C=O) groups is 6. The molecular weight excluding hydrogens is 642 g/mol. The molecule has 0 aliphatic rings. The maximum atomic E-state index is 13.4. The summed E-state index contributed by atoms with van der Waals surface area (Å²) in [7, 11) is 0. The maximum absolute atomic E-state index is 13.4. The van der Waals surface area contributed by atoms with Crippen LogP contribution in [0.25, 0.3) is 0 Å². The Morgan fingerprint density at radius 2 is 1.10 bits per heavy atom. The van der Waals surface area contributed by atoms with E-state index in [1.807, 2.05) is 27.7 Å². The van der Waals surface area contributed by atoms with E-state index in [-0.39, 0.29) is 30.6 Å². The van der Waals surface area contributed by atoms with Crippen molar-refractivity contribution in [2.75, 3.05) is 13.1 Å². The highest BCUT2D eigenvalue weighted by Gasteiger charge is 2.30. The lowest BCUT2D eigenvalue weighted by molar-refractivity contribution is -0.142. The van der Waals surface area contributed by atoms with E-state index in [9.17, 15) is 33.9 Å². The van der Waals surface area contributed by atoms with Crippen LogP contribution in [0.4, 0.5) is 0 Å². The third kappa shape index (κ3) is 24.8. The van der Waals surface area contributed by atoms with Crippen LogP contribution >= 0.6 is 0 Å². The van der Waals surface area contributed by atoms with Crippen molar-refractivity contribution in [3.63, 3.8) is 0 Å². The lowest BCUT2D eigenvalue weighted by Gasteiger charge is -2.27. The zero-order valence-electron chi connectivity index (χ0n) is 31.4. The van der Waals surface area contributed by atoms with Gasteiger partial charge in [-0.3, -0.25) is 24.0 Å². The lowest BCUT2D eigenvalue weighted by Crippen LogP contribution is -2.57. The van der Waals surface area contributed by atoms with E-state index in [2.05, 4.69) is 21.3 Å². The molecule has 13 nitrogen and oxygen atoms in total. The van der Waals surface area contributed by atoms with E-state index in [0.717, 1.165) is 44.9 Å². The van der Waals surface area contributed by atoms with Gasteiger partial charge in [-0.1, -0.05) is 105 Å². The number of carboxylic acid groups (broad SMARTS) is 2. The molecule has 0 aliphatic carbocycles. The molecule has 0 bridgehead atoms. The van der Waals surface area contributed by atoms with Gasteiger partial charge in [0, 0.05) is 12.8 Å². The first-order valence-corrected chi connectivity index (χ1v) is 19.1. The third-order valence-corrected chi connectivity index (χ3v) is 8.95. The smallest absolute Gasteiger partial charge is 0.326 e. The van der Waals surface area contributed by atoms with Crippen LogP contribution < -0.4 is 27.0 Å². The summed E-state index contributed by atoms with van der Waals surface area (Å²) in [6.07, 6.45) is 16.9. The van der Waals surface area contributed by atoms with Gasteiger partial charge in [-0.2, -0.15) is 0 Å². The molecule has 4 amide bonds. The molecule has 0 aliphatic heterocycles. The molecule has 13 heteroatoms. The molecule has 0 saturated heterocycles. The van der Waals surface area contributed by atoms with Gasteiger partial charge in [0.05, 0.1) is 6.54 Å². The molecule has 0 saturated carbocycles. The average molecular weight is 712 g/mol. The molecule has 0 fully saturated rings. The molecule has 4 atom stereocenters. The molecule has 0 spiro atoms. The fraction of sp³-hybridized carbons (Fsp3) is 0.838. The monoisotopic (exact) mass is 712 g/mol. The van der Waals surface area contributed by atoms with Crippen molar-refractivity contribution >= 4 is 35.6 Å². The predicted molar refractivity (Wildman–Crippen MR) is 195 cm³/mol. The van der Waals surface area contributed by atoms with E-state index in [0.29, 0.717) is 38.6 Å². The van der Waals surface area contributed by atoms with E-state index in [1.54, 1.807) is 0 Å². The molecule has 0 aromatic rings. The summed E-state index contributed by atoms with van der Waals surface area (Å²) >= 11 is 0. The van der Waals surface area contributed by atoms with Crippen LogP contribution in [0.1, 0.15) is 156 Å². The minimum absolute atomic E-state index is 0.112. The molecule has 0 radical (unpaired) electrons. The van der Waals surface area contributed by atoms with Crippen molar-refractivity contribution in [2.45, 2.75) is 174 Å². The highest BCUT2D eigenvalue weighted by atomic mass is 16.4. The molecule has 0 aromatic heterocycles. The Balaban J connectivity index is 4.64. The van der Waals surface area contributed by atoms with Crippen molar-refractivity contribution in [3.05, 3.63) is 0 Å². The summed E-state index contributed by atoms with van der Waals surface area (Å²) < 4.78 is 0. The van der Waals surface area contributed by atoms with Crippen LogP contribution in [-0.2, 0) is 28.8 Å². The zero-order chi connectivity index (χ0) is 37.7. The number of rotatable bonds is 32. The van der Waals surface area contributed by atoms with Gasteiger partial charge in [-0.15, -0.1) is 0 Å². The highest BCUT2D eigenvalue weighted by Crippen LogP contribution is 2.15. The Hall–Kier alpha value is -3.22. The van der Waals surface area contributed by atoms with E-state index < -0.39 is 54.3 Å². The molecule has 0 unspecified atom stereocenters. The standard InChI is InChI=1S/C37H69N5O8/c1-5-28(4)34(36(48)39-26-32(44)40-29(37(49)50)21-19-20-24-38)42-35(47)30(25-27(2)3)41-31(43)22-17-15-13-11-9-7-6-8-10-12-14-16-18-23-33(45)46/h27-30,34H,5-26,38H2,1-4H3,(H,39,48)(H,40,44)(H,41,43)(H,42,47)(H,45,46)(H,49,50)/t28-,29-,30-,34-/m0/s1. The minimum Gasteiger partial charge on any atom is -0.481 e. The number of hydrogen-bond donors (Lipinski definition) is 7. The first-order valence-electron chi connectivity index (χ1n) is 19.1. The summed E-state index contributed by atoms with van der Waals surface area (Å²) in [5.41, 5.74) is 5.46. The van der Waals surface area contributed by atoms with E-state index in [4.69, 9.17) is 10.8 Å². The Morgan fingerprint density at radius 3 is 1.56 bits per heavy atom. The Labute approximate surface area is 300 Å². The summed E-state index contributed by atoms with van der Waals surface area (Å²) in [4.78, 5) is 73.8. The highest BCUT2D eigenvalue weighted by molar-refractivity contribution is 5.94. The average Bonchev–Trinajstić information content (AvgIpc) is 3.06. The fourth-order valence-corrected chi connectivity index (χ4v) is 5.70. The third-order valence-electron chi connectivity index (χ3n) is 8.95. The van der Waals surface area contributed by atoms with Gasteiger partial charge < -0.3 is 37.2 Å². The van der Waals surface area contributed by atoms with Crippen LogP contribution in [0.3, 0.4) is 0 Å². The van der Waals surface area contributed by atoms with Gasteiger partial charge in [0.15, 0.2) is 0 Å². The number of hydrogen-bond acceptors (Lipinski definition) is 7.